The molecule has 0 spiro atoms. The third-order valence-electron chi connectivity index (χ3n) is 1.87. The third-order valence-corrected chi connectivity index (χ3v) is 1.87. The van der Waals surface area contributed by atoms with Gasteiger partial charge in [0.1, 0.15) is 0 Å². The second-order valence-corrected chi connectivity index (χ2v) is 4.21. The van der Waals surface area contributed by atoms with Crippen LogP contribution in [0, 0.1) is 5.41 Å². The number of allylic oxidation sites excluding steroid dienone is 1. The first-order valence-electron chi connectivity index (χ1n) is 4.53. The Kier molecular flexibility index (Phi) is 4.27. The zero-order valence-corrected chi connectivity index (χ0v) is 9.20. The van der Waals surface area contributed by atoms with Gasteiger partial charge in [-0.25, -0.2) is 9.59 Å². The highest BCUT2D eigenvalue weighted by Crippen LogP contribution is 2.29. The van der Waals surface area contributed by atoms with E-state index in [9.17, 15) is 9.59 Å². The van der Waals surface area contributed by atoms with Gasteiger partial charge in [0.05, 0.1) is 11.1 Å². The zero-order chi connectivity index (χ0) is 12.2. The first-order chi connectivity index (χ1) is 6.71. The molecule has 0 saturated heterocycles. The lowest BCUT2D eigenvalue weighted by Crippen LogP contribution is -2.22. The summed E-state index contributed by atoms with van der Waals surface area (Å²) in [5.74, 6) is -2.40. The molecule has 0 radical (unpaired) electrons. The molecule has 0 aliphatic heterocycles. The van der Waals surface area contributed by atoms with Gasteiger partial charge in [-0.2, -0.15) is 0 Å². The van der Waals surface area contributed by atoms with E-state index in [2.05, 4.69) is 6.58 Å². The minimum absolute atomic E-state index is 0.0498. The minimum atomic E-state index is -1.21. The van der Waals surface area contributed by atoms with Crippen molar-refractivity contribution in [2.45, 2.75) is 27.2 Å². The van der Waals surface area contributed by atoms with Crippen molar-refractivity contribution in [2.24, 2.45) is 5.41 Å². The molecule has 0 rings (SSSR count). The lowest BCUT2D eigenvalue weighted by atomic mass is 9.82. The molecule has 0 unspecified atom stereocenters. The van der Waals surface area contributed by atoms with Crippen LogP contribution in [0.5, 0.6) is 0 Å². The van der Waals surface area contributed by atoms with Crippen LogP contribution in [0.4, 0.5) is 0 Å². The van der Waals surface area contributed by atoms with Gasteiger partial charge in [0, 0.05) is 0 Å². The summed E-state index contributed by atoms with van der Waals surface area (Å²) in [5.41, 5.74) is -0.886. The van der Waals surface area contributed by atoms with E-state index in [1.165, 1.54) is 6.08 Å². The molecule has 0 fully saturated rings. The average molecular weight is 212 g/mol. The van der Waals surface area contributed by atoms with Crippen LogP contribution in [-0.4, -0.2) is 22.2 Å². The van der Waals surface area contributed by atoms with Crippen molar-refractivity contribution in [2.75, 3.05) is 0 Å². The largest absolute Gasteiger partial charge is 0.478 e. The predicted molar refractivity (Wildman–Crippen MR) is 56.6 cm³/mol. The molecule has 0 amide bonds. The van der Waals surface area contributed by atoms with E-state index in [0.717, 1.165) is 0 Å². The van der Waals surface area contributed by atoms with Crippen molar-refractivity contribution in [1.29, 1.82) is 0 Å². The van der Waals surface area contributed by atoms with E-state index < -0.39 is 17.4 Å². The Hall–Kier alpha value is -1.58. The van der Waals surface area contributed by atoms with E-state index in [1.54, 1.807) is 20.8 Å². The second-order valence-electron chi connectivity index (χ2n) is 4.21. The third kappa shape index (κ3) is 3.58. The zero-order valence-electron chi connectivity index (χ0n) is 9.20. The molecular formula is C11H16O4. The number of carbonyl (C=O) groups is 2. The quantitative estimate of drug-likeness (QED) is 0.552. The van der Waals surface area contributed by atoms with Gasteiger partial charge >= 0.3 is 11.9 Å². The van der Waals surface area contributed by atoms with Crippen LogP contribution in [-0.2, 0) is 9.59 Å². The smallest absolute Gasteiger partial charge is 0.332 e. The van der Waals surface area contributed by atoms with Crippen molar-refractivity contribution in [3.8, 4) is 0 Å². The minimum Gasteiger partial charge on any atom is -0.478 e. The Balaban J connectivity index is 5.67. The van der Waals surface area contributed by atoms with Crippen LogP contribution in [0.15, 0.2) is 23.8 Å². The molecule has 0 aliphatic carbocycles. The van der Waals surface area contributed by atoms with Crippen molar-refractivity contribution < 1.29 is 19.8 Å². The van der Waals surface area contributed by atoms with E-state index in [-0.39, 0.29) is 17.6 Å². The first-order valence-corrected chi connectivity index (χ1v) is 4.53. The van der Waals surface area contributed by atoms with E-state index in [1.807, 2.05) is 0 Å². The number of aliphatic carboxylic acids is 2. The maximum atomic E-state index is 11.0. The molecule has 15 heavy (non-hydrogen) atoms. The average Bonchev–Trinajstić information content (AvgIpc) is 1.99. The fraction of sp³-hybridized carbons (Fsp3) is 0.455. The van der Waals surface area contributed by atoms with Gasteiger partial charge in [-0.1, -0.05) is 26.8 Å². The molecule has 4 nitrogen and oxygen atoms in total. The van der Waals surface area contributed by atoms with Crippen LogP contribution >= 0.6 is 0 Å². The summed E-state index contributed by atoms with van der Waals surface area (Å²) in [6, 6.07) is 0. The lowest BCUT2D eigenvalue weighted by molar-refractivity contribution is -0.136. The van der Waals surface area contributed by atoms with Gasteiger partial charge in [0.15, 0.2) is 0 Å². The fourth-order valence-electron chi connectivity index (χ4n) is 1.34. The van der Waals surface area contributed by atoms with Gasteiger partial charge in [0.25, 0.3) is 0 Å². The molecule has 0 aromatic rings. The number of carboxylic acids is 2. The normalized spacial score (nSPS) is 13.0. The number of hydrogen-bond donors (Lipinski definition) is 2. The van der Waals surface area contributed by atoms with Gasteiger partial charge in [-0.15, -0.1) is 6.58 Å². The highest BCUT2D eigenvalue weighted by molar-refractivity contribution is 5.99. The summed E-state index contributed by atoms with van der Waals surface area (Å²) in [5, 5.41) is 17.9. The molecule has 84 valence electrons. The molecule has 0 aromatic carbocycles. The standard InChI is InChI=1S/C11H16O4/c1-5-6-7(9(12)13)8(10(14)15)11(2,3)4/h5H,1,6H2,2-4H3,(H,12,13)(H,14,15)/b8-7-. The van der Waals surface area contributed by atoms with E-state index >= 15 is 0 Å². The first kappa shape index (κ1) is 13.4. The van der Waals surface area contributed by atoms with Crippen LogP contribution in [0.25, 0.3) is 0 Å². The molecule has 0 bridgehead atoms. The maximum Gasteiger partial charge on any atom is 0.332 e. The van der Waals surface area contributed by atoms with Crippen LogP contribution in [0.3, 0.4) is 0 Å². The summed E-state index contributed by atoms with van der Waals surface area (Å²) in [4.78, 5) is 21.9. The van der Waals surface area contributed by atoms with Crippen LogP contribution in [0.2, 0.25) is 0 Å². The van der Waals surface area contributed by atoms with E-state index in [4.69, 9.17) is 10.2 Å². The van der Waals surface area contributed by atoms with E-state index in [0.29, 0.717) is 0 Å². The number of hydrogen-bond acceptors (Lipinski definition) is 2. The maximum absolute atomic E-state index is 11.0. The SMILES string of the molecule is C=CC/C(C(=O)O)=C(\C(=O)O)C(C)(C)C. The van der Waals surface area contributed by atoms with Gasteiger partial charge in [-0.05, 0) is 11.8 Å². The summed E-state index contributed by atoms with van der Waals surface area (Å²) in [7, 11) is 0. The summed E-state index contributed by atoms with van der Waals surface area (Å²) in [6.07, 6.45) is 1.44. The Bertz CT molecular complexity index is 318. The Morgan fingerprint density at radius 1 is 1.20 bits per heavy atom. The molecule has 0 saturated carbocycles. The summed E-state index contributed by atoms with van der Waals surface area (Å²) in [6.45, 7) is 8.42. The Morgan fingerprint density at radius 3 is 1.87 bits per heavy atom. The number of carboxylic acid groups (broad SMARTS) is 2. The monoisotopic (exact) mass is 212 g/mol. The lowest BCUT2D eigenvalue weighted by Gasteiger charge is -2.21. The van der Waals surface area contributed by atoms with Crippen molar-refractivity contribution >= 4 is 11.9 Å². The van der Waals surface area contributed by atoms with Crippen LogP contribution in [0.1, 0.15) is 27.2 Å². The summed E-state index contributed by atoms with van der Waals surface area (Å²) >= 11 is 0. The highest BCUT2D eigenvalue weighted by Gasteiger charge is 2.29. The molecule has 0 atom stereocenters. The van der Waals surface area contributed by atoms with Gasteiger partial charge in [-0.3, -0.25) is 0 Å². The van der Waals surface area contributed by atoms with Crippen molar-refractivity contribution in [1.82, 2.24) is 0 Å². The Morgan fingerprint density at radius 2 is 1.67 bits per heavy atom. The fourth-order valence-corrected chi connectivity index (χ4v) is 1.34. The number of rotatable bonds is 4. The topological polar surface area (TPSA) is 74.6 Å². The predicted octanol–water partition coefficient (Wildman–Crippen LogP) is 2.07. The van der Waals surface area contributed by atoms with Crippen molar-refractivity contribution in [3.05, 3.63) is 23.8 Å². The molecule has 4 heteroatoms. The highest BCUT2D eigenvalue weighted by atomic mass is 16.4. The van der Waals surface area contributed by atoms with Gasteiger partial charge in [0.2, 0.25) is 0 Å². The second kappa shape index (κ2) is 4.77. The van der Waals surface area contributed by atoms with Gasteiger partial charge < -0.3 is 10.2 Å². The molecule has 0 heterocycles. The summed E-state index contributed by atoms with van der Waals surface area (Å²) < 4.78 is 0. The molecule has 0 aromatic heterocycles. The molecular weight excluding hydrogens is 196 g/mol. The van der Waals surface area contributed by atoms with Crippen molar-refractivity contribution in [3.63, 3.8) is 0 Å². The Labute approximate surface area is 88.9 Å². The van der Waals surface area contributed by atoms with Crippen LogP contribution < -0.4 is 0 Å². The molecule has 0 aliphatic rings. The molecule has 2 N–H and O–H groups in total.